The van der Waals surface area contributed by atoms with Crippen LogP contribution in [-0.2, 0) is 4.74 Å². The second kappa shape index (κ2) is 13.2. The molecule has 1 aliphatic rings. The van der Waals surface area contributed by atoms with Crippen molar-refractivity contribution in [1.29, 1.82) is 0 Å². The molecule has 27 heavy (non-hydrogen) atoms. The summed E-state index contributed by atoms with van der Waals surface area (Å²) in [5.74, 6) is 1.73. The molecule has 2 N–H and O–H groups in total. The molecule has 154 valence electrons. The van der Waals surface area contributed by atoms with Crippen LogP contribution in [0.15, 0.2) is 29.3 Å². The van der Waals surface area contributed by atoms with Crippen molar-refractivity contribution in [2.45, 2.75) is 38.8 Å². The number of ether oxygens (including phenoxy) is 2. The molecule has 2 atom stereocenters. The van der Waals surface area contributed by atoms with Crippen molar-refractivity contribution >= 4 is 29.9 Å². The third-order valence-corrected chi connectivity index (χ3v) is 4.65. The first-order valence-electron chi connectivity index (χ1n) is 9.59. The molecular formula is C20H35IN4O2. The van der Waals surface area contributed by atoms with E-state index in [1.165, 1.54) is 18.4 Å². The van der Waals surface area contributed by atoms with Gasteiger partial charge in [0, 0.05) is 19.7 Å². The summed E-state index contributed by atoms with van der Waals surface area (Å²) in [7, 11) is 3.42. The molecule has 6 nitrogen and oxygen atoms in total. The van der Waals surface area contributed by atoms with Crippen LogP contribution in [0.2, 0.25) is 0 Å². The number of nitrogens with zero attached hydrogens (tertiary/aromatic N) is 2. The molecule has 2 rings (SSSR count). The highest BCUT2D eigenvalue weighted by Gasteiger charge is 2.23. The van der Waals surface area contributed by atoms with Gasteiger partial charge in [-0.1, -0.05) is 12.1 Å². The van der Waals surface area contributed by atoms with Crippen molar-refractivity contribution in [2.75, 3.05) is 47.0 Å². The van der Waals surface area contributed by atoms with Gasteiger partial charge in [0.2, 0.25) is 0 Å². The number of methoxy groups -OCH3 is 2. The maximum atomic E-state index is 5.30. The second-order valence-electron chi connectivity index (χ2n) is 6.75. The van der Waals surface area contributed by atoms with Crippen LogP contribution in [0, 0.1) is 0 Å². The van der Waals surface area contributed by atoms with E-state index in [2.05, 4.69) is 41.5 Å². The Hall–Kier alpha value is -1.06. The largest absolute Gasteiger partial charge is 0.497 e. The molecule has 1 saturated heterocycles. The Morgan fingerprint density at radius 2 is 1.85 bits per heavy atom. The fourth-order valence-electron chi connectivity index (χ4n) is 3.33. The monoisotopic (exact) mass is 490 g/mol. The van der Waals surface area contributed by atoms with E-state index in [1.807, 2.05) is 12.1 Å². The third-order valence-electron chi connectivity index (χ3n) is 4.65. The van der Waals surface area contributed by atoms with Gasteiger partial charge in [0.05, 0.1) is 26.3 Å². The predicted molar refractivity (Wildman–Crippen MR) is 122 cm³/mol. The average molecular weight is 490 g/mol. The summed E-state index contributed by atoms with van der Waals surface area (Å²) >= 11 is 0. The molecule has 1 heterocycles. The number of hydrogen-bond acceptors (Lipinski definition) is 4. The number of hydrogen-bond donors (Lipinski definition) is 2. The van der Waals surface area contributed by atoms with Gasteiger partial charge in [-0.3, -0.25) is 9.89 Å². The van der Waals surface area contributed by atoms with Crippen LogP contribution in [0.4, 0.5) is 0 Å². The zero-order chi connectivity index (χ0) is 18.8. The first kappa shape index (κ1) is 24.0. The van der Waals surface area contributed by atoms with Gasteiger partial charge in [-0.25, -0.2) is 0 Å². The van der Waals surface area contributed by atoms with E-state index in [0.29, 0.717) is 6.61 Å². The topological polar surface area (TPSA) is 58.1 Å². The first-order chi connectivity index (χ1) is 12.7. The molecule has 1 aliphatic heterocycles. The van der Waals surface area contributed by atoms with Crippen molar-refractivity contribution in [3.05, 3.63) is 29.8 Å². The van der Waals surface area contributed by atoms with Crippen LogP contribution in [0.5, 0.6) is 5.75 Å². The molecule has 0 amide bonds. The van der Waals surface area contributed by atoms with Crippen molar-refractivity contribution in [1.82, 2.24) is 15.5 Å². The number of halogens is 1. The minimum atomic E-state index is 0. The van der Waals surface area contributed by atoms with Gasteiger partial charge in [-0.05, 0) is 57.5 Å². The molecule has 0 bridgehead atoms. The Kier molecular flexibility index (Phi) is 11.7. The number of nitrogens with one attached hydrogen (secondary N) is 2. The molecule has 0 saturated carbocycles. The summed E-state index contributed by atoms with van der Waals surface area (Å²) in [6.07, 6.45) is 2.53. The zero-order valence-electron chi connectivity index (χ0n) is 17.0. The van der Waals surface area contributed by atoms with Crippen molar-refractivity contribution < 1.29 is 9.47 Å². The number of likely N-dealkylation sites (tertiary alicyclic amines) is 1. The molecule has 0 aromatic heterocycles. The molecule has 2 unspecified atom stereocenters. The smallest absolute Gasteiger partial charge is 0.191 e. The van der Waals surface area contributed by atoms with Crippen LogP contribution in [-0.4, -0.2) is 63.9 Å². The minimum Gasteiger partial charge on any atom is -0.497 e. The summed E-state index contributed by atoms with van der Waals surface area (Å²) in [6, 6.07) is 8.88. The molecular weight excluding hydrogens is 455 g/mol. The Morgan fingerprint density at radius 3 is 2.41 bits per heavy atom. The lowest BCUT2D eigenvalue weighted by molar-refractivity contribution is 0.179. The molecule has 0 radical (unpaired) electrons. The van der Waals surface area contributed by atoms with E-state index in [9.17, 15) is 0 Å². The van der Waals surface area contributed by atoms with Crippen molar-refractivity contribution in [3.8, 4) is 5.75 Å². The molecule has 0 aliphatic carbocycles. The fraction of sp³-hybridized carbons (Fsp3) is 0.650. The van der Waals surface area contributed by atoms with Gasteiger partial charge in [0.15, 0.2) is 5.96 Å². The highest BCUT2D eigenvalue weighted by Crippen LogP contribution is 2.27. The molecule has 1 fully saturated rings. The third kappa shape index (κ3) is 7.83. The summed E-state index contributed by atoms with van der Waals surface area (Å²) in [5.41, 5.74) is 1.29. The Bertz CT molecular complexity index is 547. The lowest BCUT2D eigenvalue weighted by Gasteiger charge is -2.27. The normalized spacial score (nSPS) is 17.1. The zero-order valence-corrected chi connectivity index (χ0v) is 19.4. The van der Waals surface area contributed by atoms with Gasteiger partial charge in [0.25, 0.3) is 0 Å². The van der Waals surface area contributed by atoms with Gasteiger partial charge in [-0.2, -0.15) is 0 Å². The van der Waals surface area contributed by atoms with Crippen LogP contribution in [0.25, 0.3) is 0 Å². The lowest BCUT2D eigenvalue weighted by Crippen LogP contribution is -2.44. The van der Waals surface area contributed by atoms with E-state index in [0.717, 1.165) is 37.9 Å². The number of benzene rings is 1. The van der Waals surface area contributed by atoms with Crippen molar-refractivity contribution in [2.24, 2.45) is 4.99 Å². The maximum Gasteiger partial charge on any atom is 0.191 e. The first-order valence-corrected chi connectivity index (χ1v) is 9.59. The standard InChI is InChI=1S/C20H34N4O2.HI/c1-5-21-20(23-16(2)15-25-3)22-14-19(24-12-6-7-13-24)17-8-10-18(26-4)11-9-17;/h8-11,16,19H,5-7,12-15H2,1-4H3,(H2,21,22,23);1H. The Morgan fingerprint density at radius 1 is 1.19 bits per heavy atom. The van der Waals surface area contributed by atoms with Gasteiger partial charge < -0.3 is 20.1 Å². The van der Waals surface area contributed by atoms with E-state index >= 15 is 0 Å². The minimum absolute atomic E-state index is 0. The van der Waals surface area contributed by atoms with Gasteiger partial charge >= 0.3 is 0 Å². The Labute approximate surface area is 181 Å². The molecule has 1 aromatic carbocycles. The number of guanidine groups is 1. The van der Waals surface area contributed by atoms with Crippen LogP contribution < -0.4 is 15.4 Å². The number of aliphatic imine (C=N–C) groups is 1. The average Bonchev–Trinajstić information content (AvgIpc) is 3.17. The maximum absolute atomic E-state index is 5.30. The molecule has 1 aromatic rings. The van der Waals surface area contributed by atoms with Gasteiger partial charge in [-0.15, -0.1) is 24.0 Å². The van der Waals surface area contributed by atoms with Gasteiger partial charge in [0.1, 0.15) is 5.75 Å². The summed E-state index contributed by atoms with van der Waals surface area (Å²) < 4.78 is 10.5. The Balaban J connectivity index is 0.00000364. The molecule has 0 spiro atoms. The van der Waals surface area contributed by atoms with Crippen LogP contribution in [0.3, 0.4) is 0 Å². The summed E-state index contributed by atoms with van der Waals surface area (Å²) in [5, 5.41) is 6.74. The highest BCUT2D eigenvalue weighted by atomic mass is 127. The second-order valence-corrected chi connectivity index (χ2v) is 6.75. The van der Waals surface area contributed by atoms with E-state index in [4.69, 9.17) is 14.5 Å². The van der Waals surface area contributed by atoms with Crippen LogP contribution >= 0.6 is 24.0 Å². The fourth-order valence-corrected chi connectivity index (χ4v) is 3.33. The van der Waals surface area contributed by atoms with E-state index in [-0.39, 0.29) is 36.1 Å². The number of rotatable bonds is 9. The van der Waals surface area contributed by atoms with Crippen molar-refractivity contribution in [3.63, 3.8) is 0 Å². The lowest BCUT2D eigenvalue weighted by atomic mass is 10.1. The van der Waals surface area contributed by atoms with E-state index in [1.54, 1.807) is 14.2 Å². The highest BCUT2D eigenvalue weighted by molar-refractivity contribution is 14.0. The summed E-state index contributed by atoms with van der Waals surface area (Å²) in [6.45, 7) is 8.66. The predicted octanol–water partition coefficient (Wildman–Crippen LogP) is 3.04. The van der Waals surface area contributed by atoms with E-state index < -0.39 is 0 Å². The quantitative estimate of drug-likeness (QED) is 0.317. The molecule has 7 heteroatoms. The van der Waals surface area contributed by atoms with Crippen LogP contribution in [0.1, 0.15) is 38.3 Å². The SMILES string of the molecule is CCNC(=NCC(c1ccc(OC)cc1)N1CCCC1)NC(C)COC.I. The summed E-state index contributed by atoms with van der Waals surface area (Å²) in [4.78, 5) is 7.40.